The van der Waals surface area contributed by atoms with Gasteiger partial charge in [-0.1, -0.05) is 30.3 Å². The third kappa shape index (κ3) is 5.79. The zero-order chi connectivity index (χ0) is 17.4. The fourth-order valence-corrected chi connectivity index (χ4v) is 2.10. The summed E-state index contributed by atoms with van der Waals surface area (Å²) in [7, 11) is 0. The Hall–Kier alpha value is -2.76. The van der Waals surface area contributed by atoms with Crippen molar-refractivity contribution in [2.45, 2.75) is 12.8 Å². The molecule has 0 bridgehead atoms. The van der Waals surface area contributed by atoms with Crippen LogP contribution in [-0.4, -0.2) is 25.0 Å². The van der Waals surface area contributed by atoms with E-state index in [-0.39, 0.29) is 18.8 Å². The van der Waals surface area contributed by atoms with Crippen molar-refractivity contribution in [1.29, 1.82) is 0 Å². The van der Waals surface area contributed by atoms with Crippen LogP contribution >= 0.6 is 0 Å². The summed E-state index contributed by atoms with van der Waals surface area (Å²) in [6.45, 7) is -0.188. The minimum Gasteiger partial charge on any atom is -0.455 e. The molecule has 0 atom stereocenters. The van der Waals surface area contributed by atoms with Crippen LogP contribution in [0.15, 0.2) is 48.5 Å². The molecule has 126 valence electrons. The van der Waals surface area contributed by atoms with E-state index in [9.17, 15) is 18.4 Å². The molecule has 0 fully saturated rings. The predicted octanol–water partition coefficient (Wildman–Crippen LogP) is 2.41. The molecule has 0 aliphatic rings. The Kier molecular flexibility index (Phi) is 6.42. The van der Waals surface area contributed by atoms with Gasteiger partial charge in [0.05, 0.1) is 6.42 Å². The van der Waals surface area contributed by atoms with E-state index in [1.54, 1.807) is 24.3 Å². The highest BCUT2D eigenvalue weighted by molar-refractivity contribution is 5.81. The molecule has 2 aromatic rings. The summed E-state index contributed by atoms with van der Waals surface area (Å²) in [6, 6.07) is 11.9. The Labute approximate surface area is 138 Å². The maximum Gasteiger partial charge on any atom is 0.310 e. The van der Waals surface area contributed by atoms with Crippen LogP contribution in [0, 0.1) is 11.6 Å². The fraction of sp³-hybridized carbons (Fsp3) is 0.222. The molecule has 1 amide bonds. The molecule has 2 aromatic carbocycles. The van der Waals surface area contributed by atoms with Crippen molar-refractivity contribution < 1.29 is 23.1 Å². The van der Waals surface area contributed by atoms with Gasteiger partial charge in [0.1, 0.15) is 11.6 Å². The van der Waals surface area contributed by atoms with E-state index in [4.69, 9.17) is 4.74 Å². The Bertz CT molecular complexity index is 719. The number of esters is 1. The lowest BCUT2D eigenvalue weighted by Crippen LogP contribution is -2.30. The second-order valence-corrected chi connectivity index (χ2v) is 5.16. The lowest BCUT2D eigenvalue weighted by Gasteiger charge is -2.07. The van der Waals surface area contributed by atoms with Gasteiger partial charge in [-0.05, 0) is 35.7 Å². The number of hydrogen-bond donors (Lipinski definition) is 1. The molecule has 0 aliphatic heterocycles. The average molecular weight is 333 g/mol. The number of carbonyl (C=O) groups excluding carboxylic acids is 2. The normalized spacial score (nSPS) is 10.2. The SMILES string of the molecule is O=C(COC(=O)Cc1cccc(F)c1)NCCc1ccccc1F. The summed E-state index contributed by atoms with van der Waals surface area (Å²) in [5.41, 5.74) is 0.973. The molecule has 2 rings (SSSR count). The maximum absolute atomic E-state index is 13.4. The number of rotatable bonds is 7. The van der Waals surface area contributed by atoms with Gasteiger partial charge in [0.15, 0.2) is 6.61 Å². The largest absolute Gasteiger partial charge is 0.455 e. The van der Waals surface area contributed by atoms with E-state index in [0.717, 1.165) is 0 Å². The molecule has 24 heavy (non-hydrogen) atoms. The zero-order valence-corrected chi connectivity index (χ0v) is 12.9. The molecule has 0 heterocycles. The van der Waals surface area contributed by atoms with Crippen molar-refractivity contribution in [2.75, 3.05) is 13.2 Å². The van der Waals surface area contributed by atoms with Gasteiger partial charge in [0.2, 0.25) is 0 Å². The van der Waals surface area contributed by atoms with Crippen LogP contribution in [0.2, 0.25) is 0 Å². The quantitative estimate of drug-likeness (QED) is 0.792. The van der Waals surface area contributed by atoms with Crippen molar-refractivity contribution in [3.63, 3.8) is 0 Å². The van der Waals surface area contributed by atoms with E-state index in [2.05, 4.69) is 5.32 Å². The number of carbonyl (C=O) groups is 2. The second-order valence-electron chi connectivity index (χ2n) is 5.16. The Morgan fingerprint density at radius 2 is 1.83 bits per heavy atom. The summed E-state index contributed by atoms with van der Waals surface area (Å²) < 4.78 is 31.2. The number of benzene rings is 2. The van der Waals surface area contributed by atoms with Gasteiger partial charge in [-0.2, -0.15) is 0 Å². The molecule has 0 unspecified atom stereocenters. The van der Waals surface area contributed by atoms with E-state index in [1.807, 2.05) is 0 Å². The van der Waals surface area contributed by atoms with Gasteiger partial charge in [-0.25, -0.2) is 8.78 Å². The highest BCUT2D eigenvalue weighted by Gasteiger charge is 2.09. The van der Waals surface area contributed by atoms with Gasteiger partial charge in [-0.3, -0.25) is 9.59 Å². The third-order valence-corrected chi connectivity index (χ3v) is 3.28. The third-order valence-electron chi connectivity index (χ3n) is 3.28. The number of ether oxygens (including phenoxy) is 1. The summed E-state index contributed by atoms with van der Waals surface area (Å²) in [5, 5.41) is 2.54. The topological polar surface area (TPSA) is 55.4 Å². The fourth-order valence-electron chi connectivity index (χ4n) is 2.10. The van der Waals surface area contributed by atoms with Gasteiger partial charge in [0.25, 0.3) is 5.91 Å². The Morgan fingerprint density at radius 3 is 2.58 bits per heavy atom. The molecule has 1 N–H and O–H groups in total. The van der Waals surface area contributed by atoms with Crippen LogP contribution in [0.5, 0.6) is 0 Å². The summed E-state index contributed by atoms with van der Waals surface area (Å²) in [5.74, 6) is -1.86. The van der Waals surface area contributed by atoms with Crippen LogP contribution in [-0.2, 0) is 27.2 Å². The van der Waals surface area contributed by atoms with E-state index in [1.165, 1.54) is 24.3 Å². The van der Waals surface area contributed by atoms with Crippen LogP contribution in [0.4, 0.5) is 8.78 Å². The summed E-state index contributed by atoms with van der Waals surface area (Å²) >= 11 is 0. The van der Waals surface area contributed by atoms with Gasteiger partial charge < -0.3 is 10.1 Å². The lowest BCUT2D eigenvalue weighted by molar-refractivity contribution is -0.147. The van der Waals surface area contributed by atoms with Crippen LogP contribution in [0.1, 0.15) is 11.1 Å². The van der Waals surface area contributed by atoms with Crippen molar-refractivity contribution >= 4 is 11.9 Å². The van der Waals surface area contributed by atoms with E-state index < -0.39 is 24.3 Å². The molecule has 0 aliphatic carbocycles. The van der Waals surface area contributed by atoms with Gasteiger partial charge in [0, 0.05) is 6.54 Å². The summed E-state index contributed by atoms with van der Waals surface area (Å²) in [4.78, 5) is 23.2. The highest BCUT2D eigenvalue weighted by atomic mass is 19.1. The van der Waals surface area contributed by atoms with Crippen LogP contribution < -0.4 is 5.32 Å². The maximum atomic E-state index is 13.4. The molecule has 6 heteroatoms. The zero-order valence-electron chi connectivity index (χ0n) is 12.9. The second kappa shape index (κ2) is 8.76. The molecule has 0 saturated carbocycles. The monoisotopic (exact) mass is 333 g/mol. The number of amides is 1. The van der Waals surface area contributed by atoms with Gasteiger partial charge in [-0.15, -0.1) is 0 Å². The summed E-state index contributed by atoms with van der Waals surface area (Å²) in [6.07, 6.45) is 0.232. The number of halogens is 2. The molecule has 4 nitrogen and oxygen atoms in total. The Morgan fingerprint density at radius 1 is 1.04 bits per heavy atom. The average Bonchev–Trinajstić information content (AvgIpc) is 2.55. The van der Waals surface area contributed by atoms with Crippen LogP contribution in [0.25, 0.3) is 0 Å². The lowest BCUT2D eigenvalue weighted by atomic mass is 10.1. The van der Waals surface area contributed by atoms with E-state index >= 15 is 0 Å². The highest BCUT2D eigenvalue weighted by Crippen LogP contribution is 2.06. The predicted molar refractivity (Wildman–Crippen MR) is 84.2 cm³/mol. The Balaban J connectivity index is 1.67. The molecule has 0 spiro atoms. The molecule has 0 radical (unpaired) electrons. The molecule has 0 aromatic heterocycles. The van der Waals surface area contributed by atoms with Gasteiger partial charge >= 0.3 is 5.97 Å². The number of nitrogens with one attached hydrogen (secondary N) is 1. The number of hydrogen-bond acceptors (Lipinski definition) is 3. The van der Waals surface area contributed by atoms with E-state index in [0.29, 0.717) is 17.5 Å². The molecule has 0 saturated heterocycles. The van der Waals surface area contributed by atoms with Crippen molar-refractivity contribution in [1.82, 2.24) is 5.32 Å². The van der Waals surface area contributed by atoms with Crippen LogP contribution in [0.3, 0.4) is 0 Å². The standard InChI is InChI=1S/C18H17F2NO3/c19-15-6-3-4-13(10-15)11-18(23)24-12-17(22)21-9-8-14-5-1-2-7-16(14)20/h1-7,10H,8-9,11-12H2,(H,21,22). The van der Waals surface area contributed by atoms with Crippen molar-refractivity contribution in [3.8, 4) is 0 Å². The first-order valence-electron chi connectivity index (χ1n) is 7.45. The van der Waals surface area contributed by atoms with Crippen molar-refractivity contribution in [2.24, 2.45) is 0 Å². The minimum absolute atomic E-state index is 0.111. The molecular weight excluding hydrogens is 316 g/mol. The van der Waals surface area contributed by atoms with Crippen molar-refractivity contribution in [3.05, 3.63) is 71.3 Å². The minimum atomic E-state index is -0.621. The first-order chi connectivity index (χ1) is 11.5. The first-order valence-corrected chi connectivity index (χ1v) is 7.45. The first kappa shape index (κ1) is 17.6. The molecular formula is C18H17F2NO3. The smallest absolute Gasteiger partial charge is 0.310 e.